The first-order valence-electron chi connectivity index (χ1n) is 11.7. The van der Waals surface area contributed by atoms with Gasteiger partial charge in [0.1, 0.15) is 5.76 Å². The molecule has 2 atom stereocenters. The summed E-state index contributed by atoms with van der Waals surface area (Å²) < 4.78 is 5.09. The number of hydrogen-bond acceptors (Lipinski definition) is 5. The second-order valence-electron chi connectivity index (χ2n) is 10.0. The van der Waals surface area contributed by atoms with Crippen molar-refractivity contribution in [1.29, 1.82) is 0 Å². The SMILES string of the molecule is CCN1C[C@@H]2C3(CCN(C(=O)c4cc(C)on4)CC3)CC[C@]2(C(=O)N2CCCC2)C1. The molecule has 5 rings (SSSR count). The molecule has 4 heterocycles. The van der Waals surface area contributed by atoms with Crippen LogP contribution in [0.4, 0.5) is 0 Å². The number of aryl methyl sites for hydroxylation is 1. The first-order valence-corrected chi connectivity index (χ1v) is 11.7. The van der Waals surface area contributed by atoms with Gasteiger partial charge in [0.05, 0.1) is 5.41 Å². The van der Waals surface area contributed by atoms with Crippen LogP contribution in [-0.2, 0) is 4.79 Å². The molecule has 0 aromatic carbocycles. The number of carbonyl (C=O) groups excluding carboxylic acids is 2. The Morgan fingerprint density at radius 2 is 1.83 bits per heavy atom. The number of piperidine rings is 1. The molecule has 1 saturated carbocycles. The van der Waals surface area contributed by atoms with E-state index >= 15 is 0 Å². The van der Waals surface area contributed by atoms with Crippen LogP contribution in [0.15, 0.2) is 10.6 Å². The zero-order valence-corrected chi connectivity index (χ0v) is 18.4. The fraction of sp³-hybridized carbons (Fsp3) is 0.783. The van der Waals surface area contributed by atoms with Gasteiger partial charge in [0.15, 0.2) is 5.69 Å². The molecular weight excluding hydrogens is 380 g/mol. The summed E-state index contributed by atoms with van der Waals surface area (Å²) in [4.78, 5) is 33.1. The predicted octanol–water partition coefficient (Wildman–Crippen LogP) is 2.56. The Bertz CT molecular complexity index is 822. The van der Waals surface area contributed by atoms with Crippen LogP contribution in [0.25, 0.3) is 0 Å². The number of nitrogens with zero attached hydrogens (tertiary/aromatic N) is 4. The Morgan fingerprint density at radius 1 is 1.10 bits per heavy atom. The maximum Gasteiger partial charge on any atom is 0.276 e. The van der Waals surface area contributed by atoms with Crippen LogP contribution in [-0.4, -0.2) is 77.5 Å². The summed E-state index contributed by atoms with van der Waals surface area (Å²) in [5, 5.41) is 3.91. The summed E-state index contributed by atoms with van der Waals surface area (Å²) in [6.07, 6.45) is 6.42. The molecule has 2 amide bonds. The van der Waals surface area contributed by atoms with Gasteiger partial charge in [-0.2, -0.15) is 0 Å². The molecule has 7 nitrogen and oxygen atoms in total. The molecule has 1 aliphatic carbocycles. The van der Waals surface area contributed by atoms with Crippen LogP contribution in [0.3, 0.4) is 0 Å². The minimum Gasteiger partial charge on any atom is -0.361 e. The lowest BCUT2D eigenvalue weighted by Crippen LogP contribution is -2.50. The van der Waals surface area contributed by atoms with E-state index in [-0.39, 0.29) is 16.7 Å². The number of carbonyl (C=O) groups is 2. The monoisotopic (exact) mass is 414 g/mol. The maximum atomic E-state index is 13.7. The van der Waals surface area contributed by atoms with Crippen molar-refractivity contribution in [2.24, 2.45) is 16.7 Å². The second-order valence-corrected chi connectivity index (χ2v) is 10.0. The van der Waals surface area contributed by atoms with Gasteiger partial charge >= 0.3 is 0 Å². The largest absolute Gasteiger partial charge is 0.361 e. The van der Waals surface area contributed by atoms with Gasteiger partial charge in [-0.05, 0) is 63.3 Å². The average molecular weight is 415 g/mol. The second kappa shape index (κ2) is 7.36. The number of fused-ring (bicyclic) bond motifs is 2. The first-order chi connectivity index (χ1) is 14.5. The Labute approximate surface area is 178 Å². The van der Waals surface area contributed by atoms with Crippen LogP contribution in [0.1, 0.15) is 61.7 Å². The van der Waals surface area contributed by atoms with E-state index in [1.54, 1.807) is 6.07 Å². The highest BCUT2D eigenvalue weighted by Crippen LogP contribution is 2.62. The summed E-state index contributed by atoms with van der Waals surface area (Å²) in [5.41, 5.74) is 0.400. The number of amides is 2. The molecular formula is C23H34N4O3. The Kier molecular flexibility index (Phi) is 4.92. The van der Waals surface area contributed by atoms with Crippen molar-refractivity contribution in [2.75, 3.05) is 45.8 Å². The normalized spacial score (nSPS) is 30.9. The van der Waals surface area contributed by atoms with Gasteiger partial charge in [-0.3, -0.25) is 9.59 Å². The number of likely N-dealkylation sites (tertiary alicyclic amines) is 3. The van der Waals surface area contributed by atoms with E-state index in [0.717, 1.165) is 84.3 Å². The van der Waals surface area contributed by atoms with Crippen LogP contribution < -0.4 is 0 Å². The Hall–Kier alpha value is -1.89. The average Bonchev–Trinajstić information content (AvgIpc) is 3.54. The van der Waals surface area contributed by atoms with Gasteiger partial charge in [-0.25, -0.2) is 0 Å². The number of aromatic nitrogens is 1. The van der Waals surface area contributed by atoms with Crippen molar-refractivity contribution in [3.05, 3.63) is 17.5 Å². The lowest BCUT2D eigenvalue weighted by atomic mass is 9.65. The molecule has 3 aliphatic heterocycles. The molecule has 0 bridgehead atoms. The summed E-state index contributed by atoms with van der Waals surface area (Å²) in [7, 11) is 0. The third-order valence-corrected chi connectivity index (χ3v) is 8.58. The first kappa shape index (κ1) is 20.0. The van der Waals surface area contributed by atoms with Gasteiger partial charge in [0.2, 0.25) is 5.91 Å². The molecule has 3 saturated heterocycles. The minimum atomic E-state index is -0.199. The summed E-state index contributed by atoms with van der Waals surface area (Å²) in [6.45, 7) is 10.4. The highest BCUT2D eigenvalue weighted by Gasteiger charge is 2.64. The van der Waals surface area contributed by atoms with Gasteiger partial charge in [-0.1, -0.05) is 12.1 Å². The van der Waals surface area contributed by atoms with Crippen LogP contribution in [0.2, 0.25) is 0 Å². The van der Waals surface area contributed by atoms with Gasteiger partial charge < -0.3 is 19.2 Å². The summed E-state index contributed by atoms with van der Waals surface area (Å²) in [5.74, 6) is 1.48. The van der Waals surface area contributed by atoms with Gasteiger partial charge in [0.25, 0.3) is 5.91 Å². The topological polar surface area (TPSA) is 69.9 Å². The highest BCUT2D eigenvalue weighted by molar-refractivity contribution is 5.92. The van der Waals surface area contributed by atoms with E-state index in [2.05, 4.69) is 21.9 Å². The molecule has 1 aromatic rings. The summed E-state index contributed by atoms with van der Waals surface area (Å²) in [6, 6.07) is 1.72. The number of rotatable bonds is 3. The quantitative estimate of drug-likeness (QED) is 0.760. The van der Waals surface area contributed by atoms with Crippen molar-refractivity contribution in [3.8, 4) is 0 Å². The molecule has 0 radical (unpaired) electrons. The van der Waals surface area contributed by atoms with Crippen molar-refractivity contribution in [2.45, 2.75) is 52.4 Å². The fourth-order valence-corrected chi connectivity index (χ4v) is 6.87. The van der Waals surface area contributed by atoms with Crippen molar-refractivity contribution in [3.63, 3.8) is 0 Å². The minimum absolute atomic E-state index is 0.0271. The van der Waals surface area contributed by atoms with E-state index in [1.807, 2.05) is 11.8 Å². The van der Waals surface area contributed by atoms with E-state index < -0.39 is 0 Å². The maximum absolute atomic E-state index is 13.7. The van der Waals surface area contributed by atoms with E-state index in [9.17, 15) is 9.59 Å². The van der Waals surface area contributed by atoms with Gasteiger partial charge in [0, 0.05) is 45.3 Å². The molecule has 7 heteroatoms. The third-order valence-electron chi connectivity index (χ3n) is 8.58. The molecule has 0 unspecified atom stereocenters. The Balaban J connectivity index is 1.34. The zero-order valence-electron chi connectivity index (χ0n) is 18.4. The van der Waals surface area contributed by atoms with Crippen LogP contribution >= 0.6 is 0 Å². The van der Waals surface area contributed by atoms with E-state index in [1.165, 1.54) is 0 Å². The zero-order chi connectivity index (χ0) is 20.9. The smallest absolute Gasteiger partial charge is 0.276 e. The molecule has 4 fully saturated rings. The highest BCUT2D eigenvalue weighted by atomic mass is 16.5. The van der Waals surface area contributed by atoms with Crippen molar-refractivity contribution in [1.82, 2.24) is 19.9 Å². The number of hydrogen-bond donors (Lipinski definition) is 0. The lowest BCUT2D eigenvalue weighted by Gasteiger charge is -2.44. The van der Waals surface area contributed by atoms with Gasteiger partial charge in [-0.15, -0.1) is 0 Å². The third kappa shape index (κ3) is 3.00. The van der Waals surface area contributed by atoms with E-state index in [4.69, 9.17) is 4.52 Å². The predicted molar refractivity (Wildman–Crippen MR) is 112 cm³/mol. The summed E-state index contributed by atoms with van der Waals surface area (Å²) >= 11 is 0. The van der Waals surface area contributed by atoms with Crippen LogP contribution in [0.5, 0.6) is 0 Å². The molecule has 164 valence electrons. The molecule has 1 aromatic heterocycles. The lowest BCUT2D eigenvalue weighted by molar-refractivity contribution is -0.142. The molecule has 1 spiro atoms. The van der Waals surface area contributed by atoms with E-state index in [0.29, 0.717) is 23.3 Å². The van der Waals surface area contributed by atoms with Crippen LogP contribution in [0, 0.1) is 23.7 Å². The Morgan fingerprint density at radius 3 is 2.47 bits per heavy atom. The van der Waals surface area contributed by atoms with Crippen molar-refractivity contribution < 1.29 is 14.1 Å². The standard InChI is InChI=1S/C23H34N4O3/c1-3-25-15-19-22(6-7-23(19,16-25)21(29)27-10-4-5-11-27)8-12-26(13-9-22)20(28)18-14-17(2)30-24-18/h14,19H,3-13,15-16H2,1-2H3/t19-,23+/m1/s1. The molecule has 30 heavy (non-hydrogen) atoms. The fourth-order valence-electron chi connectivity index (χ4n) is 6.87. The van der Waals surface area contributed by atoms with Crippen molar-refractivity contribution >= 4 is 11.8 Å². The molecule has 0 N–H and O–H groups in total. The molecule has 4 aliphatic rings.